The monoisotopic (exact) mass is 437 g/mol. The van der Waals surface area contributed by atoms with E-state index in [-0.39, 0.29) is 5.91 Å². The molecular formula is C14H17BrINO2. The molecule has 0 aliphatic carbocycles. The highest BCUT2D eigenvalue weighted by Crippen LogP contribution is 2.21. The first-order valence-corrected chi connectivity index (χ1v) is 8.31. The zero-order chi connectivity index (χ0) is 13.8. The fraction of sp³-hybridized carbons (Fsp3) is 0.500. The Morgan fingerprint density at radius 1 is 1.58 bits per heavy atom. The van der Waals surface area contributed by atoms with E-state index >= 15 is 0 Å². The van der Waals surface area contributed by atoms with Crippen LogP contribution in [0.25, 0.3) is 0 Å². The molecule has 0 N–H and O–H groups in total. The predicted octanol–water partition coefficient (Wildman–Crippen LogP) is 3.55. The van der Waals surface area contributed by atoms with Gasteiger partial charge >= 0.3 is 0 Å². The SMILES string of the molecule is CCN(CC1CCOC1)C(=O)c1cc(Br)ccc1I. The molecule has 0 saturated carbocycles. The number of nitrogens with zero attached hydrogens (tertiary/aromatic N) is 1. The first kappa shape index (κ1) is 15.3. The molecule has 1 atom stereocenters. The topological polar surface area (TPSA) is 29.5 Å². The molecule has 0 bridgehead atoms. The Kier molecular flexibility index (Phi) is 5.65. The molecule has 19 heavy (non-hydrogen) atoms. The van der Waals surface area contributed by atoms with E-state index in [2.05, 4.69) is 38.5 Å². The predicted molar refractivity (Wildman–Crippen MR) is 87.4 cm³/mol. The average Bonchev–Trinajstić information content (AvgIpc) is 2.91. The third-order valence-electron chi connectivity index (χ3n) is 3.33. The van der Waals surface area contributed by atoms with E-state index in [4.69, 9.17) is 4.74 Å². The molecule has 1 aliphatic rings. The lowest BCUT2D eigenvalue weighted by molar-refractivity contribution is 0.0729. The van der Waals surface area contributed by atoms with Gasteiger partial charge in [0.15, 0.2) is 0 Å². The lowest BCUT2D eigenvalue weighted by Gasteiger charge is -2.24. The van der Waals surface area contributed by atoms with Crippen molar-refractivity contribution in [2.75, 3.05) is 26.3 Å². The van der Waals surface area contributed by atoms with Crippen LogP contribution in [-0.4, -0.2) is 37.1 Å². The van der Waals surface area contributed by atoms with Gasteiger partial charge in [0, 0.05) is 33.7 Å². The molecular weight excluding hydrogens is 421 g/mol. The third kappa shape index (κ3) is 3.92. The fourth-order valence-corrected chi connectivity index (χ4v) is 3.15. The summed E-state index contributed by atoms with van der Waals surface area (Å²) in [5.74, 6) is 0.591. The summed E-state index contributed by atoms with van der Waals surface area (Å²) in [4.78, 5) is 14.5. The Morgan fingerprint density at radius 2 is 2.37 bits per heavy atom. The molecule has 2 rings (SSSR count). The number of carbonyl (C=O) groups is 1. The first-order valence-electron chi connectivity index (χ1n) is 6.44. The molecule has 0 radical (unpaired) electrons. The molecule has 1 saturated heterocycles. The van der Waals surface area contributed by atoms with Crippen LogP contribution in [0.1, 0.15) is 23.7 Å². The molecule has 1 aromatic carbocycles. The lowest BCUT2D eigenvalue weighted by Crippen LogP contribution is -2.35. The van der Waals surface area contributed by atoms with Gasteiger partial charge in [-0.2, -0.15) is 0 Å². The van der Waals surface area contributed by atoms with Gasteiger partial charge in [0.1, 0.15) is 0 Å². The molecule has 1 aromatic rings. The van der Waals surface area contributed by atoms with Gasteiger partial charge in [-0.1, -0.05) is 15.9 Å². The maximum absolute atomic E-state index is 12.6. The third-order valence-corrected chi connectivity index (χ3v) is 4.76. The number of benzene rings is 1. The average molecular weight is 438 g/mol. The van der Waals surface area contributed by atoms with E-state index in [0.717, 1.165) is 46.3 Å². The van der Waals surface area contributed by atoms with Crippen LogP contribution in [-0.2, 0) is 4.74 Å². The standard InChI is InChI=1S/C14H17BrINO2/c1-2-17(8-10-5-6-19-9-10)14(18)12-7-11(15)3-4-13(12)16/h3-4,7,10H,2,5-6,8-9H2,1H3. The summed E-state index contributed by atoms with van der Waals surface area (Å²) in [5.41, 5.74) is 0.774. The van der Waals surface area contributed by atoms with Crippen molar-refractivity contribution >= 4 is 44.4 Å². The maximum Gasteiger partial charge on any atom is 0.254 e. The maximum atomic E-state index is 12.6. The van der Waals surface area contributed by atoms with Crippen LogP contribution in [0.5, 0.6) is 0 Å². The van der Waals surface area contributed by atoms with Crippen LogP contribution < -0.4 is 0 Å². The van der Waals surface area contributed by atoms with Crippen LogP contribution in [0.3, 0.4) is 0 Å². The summed E-state index contributed by atoms with van der Waals surface area (Å²) < 4.78 is 7.32. The minimum absolute atomic E-state index is 0.111. The summed E-state index contributed by atoms with van der Waals surface area (Å²) in [6.07, 6.45) is 1.05. The highest BCUT2D eigenvalue weighted by Gasteiger charge is 2.23. The van der Waals surface area contributed by atoms with Gasteiger partial charge in [-0.3, -0.25) is 4.79 Å². The van der Waals surface area contributed by atoms with Crippen LogP contribution in [0.15, 0.2) is 22.7 Å². The van der Waals surface area contributed by atoms with Crippen molar-refractivity contribution in [3.8, 4) is 0 Å². The first-order chi connectivity index (χ1) is 9.11. The number of halogens is 2. The minimum atomic E-state index is 0.111. The zero-order valence-electron chi connectivity index (χ0n) is 10.9. The van der Waals surface area contributed by atoms with Crippen LogP contribution in [0.4, 0.5) is 0 Å². The van der Waals surface area contributed by atoms with Crippen LogP contribution in [0, 0.1) is 9.49 Å². The Labute approximate surface area is 136 Å². The zero-order valence-corrected chi connectivity index (χ0v) is 14.6. The number of amides is 1. The van der Waals surface area contributed by atoms with E-state index < -0.39 is 0 Å². The Balaban J connectivity index is 2.12. The van der Waals surface area contributed by atoms with Crippen molar-refractivity contribution < 1.29 is 9.53 Å². The molecule has 5 heteroatoms. The molecule has 1 heterocycles. The van der Waals surface area contributed by atoms with Gasteiger partial charge in [-0.05, 0) is 54.1 Å². The molecule has 0 spiro atoms. The summed E-state index contributed by atoms with van der Waals surface area (Å²) in [6, 6.07) is 5.82. The summed E-state index contributed by atoms with van der Waals surface area (Å²) >= 11 is 5.64. The van der Waals surface area contributed by atoms with Gasteiger partial charge in [0.2, 0.25) is 0 Å². The Morgan fingerprint density at radius 3 is 3.00 bits per heavy atom. The fourth-order valence-electron chi connectivity index (χ4n) is 2.23. The van der Waals surface area contributed by atoms with Gasteiger partial charge in [-0.25, -0.2) is 0 Å². The molecule has 1 amide bonds. The number of carbonyl (C=O) groups excluding carboxylic acids is 1. The Bertz CT molecular complexity index is 461. The smallest absolute Gasteiger partial charge is 0.254 e. The van der Waals surface area contributed by atoms with E-state index in [9.17, 15) is 4.79 Å². The molecule has 3 nitrogen and oxygen atoms in total. The van der Waals surface area contributed by atoms with Crippen LogP contribution in [0.2, 0.25) is 0 Å². The van der Waals surface area contributed by atoms with E-state index in [1.54, 1.807) is 0 Å². The van der Waals surface area contributed by atoms with Gasteiger partial charge in [-0.15, -0.1) is 0 Å². The highest BCUT2D eigenvalue weighted by molar-refractivity contribution is 14.1. The molecule has 0 aromatic heterocycles. The number of ether oxygens (including phenoxy) is 1. The second-order valence-electron chi connectivity index (χ2n) is 4.70. The van der Waals surface area contributed by atoms with Crippen LogP contribution >= 0.6 is 38.5 Å². The highest BCUT2D eigenvalue weighted by atomic mass is 127. The quantitative estimate of drug-likeness (QED) is 0.674. The van der Waals surface area contributed by atoms with Gasteiger partial charge in [0.25, 0.3) is 5.91 Å². The van der Waals surface area contributed by atoms with Crippen molar-refractivity contribution in [2.24, 2.45) is 5.92 Å². The second kappa shape index (κ2) is 7.04. The van der Waals surface area contributed by atoms with Crippen molar-refractivity contribution in [1.29, 1.82) is 0 Å². The second-order valence-corrected chi connectivity index (χ2v) is 6.78. The molecule has 104 valence electrons. The number of hydrogen-bond acceptors (Lipinski definition) is 2. The lowest BCUT2D eigenvalue weighted by atomic mass is 10.1. The molecule has 1 aliphatic heterocycles. The van der Waals surface area contributed by atoms with E-state index in [0.29, 0.717) is 5.92 Å². The van der Waals surface area contributed by atoms with Crippen molar-refractivity contribution in [2.45, 2.75) is 13.3 Å². The summed E-state index contributed by atoms with van der Waals surface area (Å²) in [5, 5.41) is 0. The molecule has 1 unspecified atom stereocenters. The number of rotatable bonds is 4. The van der Waals surface area contributed by atoms with Gasteiger partial charge < -0.3 is 9.64 Å². The summed E-state index contributed by atoms with van der Waals surface area (Å²) in [6.45, 7) is 5.15. The largest absolute Gasteiger partial charge is 0.381 e. The normalized spacial score (nSPS) is 18.6. The van der Waals surface area contributed by atoms with Crippen molar-refractivity contribution in [3.05, 3.63) is 31.8 Å². The van der Waals surface area contributed by atoms with E-state index in [1.807, 2.05) is 30.0 Å². The van der Waals surface area contributed by atoms with E-state index in [1.165, 1.54) is 0 Å². The molecule has 1 fully saturated rings. The van der Waals surface area contributed by atoms with Gasteiger partial charge in [0.05, 0.1) is 12.2 Å². The summed E-state index contributed by atoms with van der Waals surface area (Å²) in [7, 11) is 0. The Hall–Kier alpha value is -0.140. The van der Waals surface area contributed by atoms with Crippen molar-refractivity contribution in [3.63, 3.8) is 0 Å². The van der Waals surface area contributed by atoms with Crippen molar-refractivity contribution in [1.82, 2.24) is 4.90 Å². The number of hydrogen-bond donors (Lipinski definition) is 0. The minimum Gasteiger partial charge on any atom is -0.381 e.